The molecule has 0 radical (unpaired) electrons. The lowest BCUT2D eigenvalue weighted by molar-refractivity contribution is -0.138. The van der Waals surface area contributed by atoms with Crippen molar-refractivity contribution in [2.75, 3.05) is 19.8 Å². The third-order valence-electron chi connectivity index (χ3n) is 6.83. The monoisotopic (exact) mass is 533 g/mol. The second kappa shape index (κ2) is 12.9. The molecule has 0 aromatic heterocycles. The minimum absolute atomic E-state index is 0.00116. The Morgan fingerprint density at radius 3 is 2.42 bits per heavy atom. The van der Waals surface area contributed by atoms with Crippen LogP contribution in [0.1, 0.15) is 68.0 Å². The number of fused-ring (bicyclic) bond motifs is 1. The van der Waals surface area contributed by atoms with Crippen molar-refractivity contribution in [3.63, 3.8) is 0 Å². The maximum atomic E-state index is 13.3. The molecule has 0 unspecified atom stereocenters. The Balaban J connectivity index is 1.55. The maximum Gasteiger partial charge on any atom is 0.416 e. The molecule has 0 amide bonds. The first kappa shape index (κ1) is 29.9. The average Bonchev–Trinajstić information content (AvgIpc) is 3.25. The number of rotatable bonds is 12. The van der Waals surface area contributed by atoms with E-state index >= 15 is 0 Å². The van der Waals surface area contributed by atoms with E-state index in [2.05, 4.69) is 43.4 Å². The fourth-order valence-corrected chi connectivity index (χ4v) is 5.00. The van der Waals surface area contributed by atoms with Gasteiger partial charge in [-0.05, 0) is 93.3 Å². The van der Waals surface area contributed by atoms with Crippen LogP contribution in [0.5, 0.6) is 0 Å². The van der Waals surface area contributed by atoms with Gasteiger partial charge in [-0.15, -0.1) is 0 Å². The van der Waals surface area contributed by atoms with Crippen LogP contribution in [0.15, 0.2) is 48.5 Å². The summed E-state index contributed by atoms with van der Waals surface area (Å²) in [6.45, 7) is 8.07. The highest BCUT2D eigenvalue weighted by Gasteiger charge is 2.31. The number of aliphatic hydroxyl groups excluding tert-OH is 1. The molecule has 2 aromatic rings. The largest absolute Gasteiger partial charge is 0.463 e. The molecule has 0 aliphatic heterocycles. The van der Waals surface area contributed by atoms with E-state index in [4.69, 9.17) is 9.47 Å². The molecule has 5 nitrogen and oxygen atoms in total. The van der Waals surface area contributed by atoms with Crippen LogP contribution in [0, 0.1) is 5.92 Å². The number of nitrogens with one attached hydrogen (secondary N) is 1. The van der Waals surface area contributed by atoms with E-state index in [1.165, 1.54) is 23.3 Å². The van der Waals surface area contributed by atoms with E-state index in [0.717, 1.165) is 37.5 Å². The highest BCUT2D eigenvalue weighted by Crippen LogP contribution is 2.34. The minimum Gasteiger partial charge on any atom is -0.463 e. The van der Waals surface area contributed by atoms with Gasteiger partial charge in [0.2, 0.25) is 0 Å². The molecular formula is C30H38F3NO4. The van der Waals surface area contributed by atoms with E-state index in [1.54, 1.807) is 13.8 Å². The molecule has 0 saturated heterocycles. The van der Waals surface area contributed by atoms with Gasteiger partial charge < -0.3 is 19.9 Å². The number of alkyl halides is 3. The summed E-state index contributed by atoms with van der Waals surface area (Å²) in [5.74, 6) is -0.0981. The van der Waals surface area contributed by atoms with Gasteiger partial charge >= 0.3 is 12.1 Å². The number of hydrogen-bond acceptors (Lipinski definition) is 5. The molecule has 0 spiro atoms. The Kier molecular flexibility index (Phi) is 10.2. The zero-order valence-corrected chi connectivity index (χ0v) is 22.5. The van der Waals surface area contributed by atoms with Gasteiger partial charge in [0.1, 0.15) is 0 Å². The molecule has 1 aliphatic carbocycles. The van der Waals surface area contributed by atoms with E-state index < -0.39 is 29.9 Å². The van der Waals surface area contributed by atoms with Crippen molar-refractivity contribution < 1.29 is 32.5 Å². The third kappa shape index (κ3) is 8.68. The number of aliphatic hydroxyl groups is 1. The molecule has 1 aliphatic rings. The highest BCUT2D eigenvalue weighted by molar-refractivity contribution is 5.87. The molecule has 0 fully saturated rings. The lowest BCUT2D eigenvalue weighted by Gasteiger charge is -2.31. The molecule has 2 N–H and O–H groups in total. The first-order valence-electron chi connectivity index (χ1n) is 13.1. The normalized spacial score (nSPS) is 16.0. The SMILES string of the molecule is CCOC(=O)/C=C/c1cc(C(F)(F)F)ccc1[C@@H](C)OC[C@H](O)CNC(C)(C)CC1Cc2ccccc2C1. The van der Waals surface area contributed by atoms with Crippen molar-refractivity contribution in [1.29, 1.82) is 0 Å². The summed E-state index contributed by atoms with van der Waals surface area (Å²) in [6.07, 6.45) is -0.458. The molecule has 8 heteroatoms. The molecular weight excluding hydrogens is 495 g/mol. The van der Waals surface area contributed by atoms with Crippen molar-refractivity contribution in [2.24, 2.45) is 5.92 Å². The van der Waals surface area contributed by atoms with Gasteiger partial charge in [-0.2, -0.15) is 13.2 Å². The predicted octanol–water partition coefficient (Wildman–Crippen LogP) is 5.89. The molecule has 0 heterocycles. The third-order valence-corrected chi connectivity index (χ3v) is 6.83. The van der Waals surface area contributed by atoms with Crippen LogP contribution in [-0.4, -0.2) is 42.5 Å². The van der Waals surface area contributed by atoms with Crippen molar-refractivity contribution in [3.8, 4) is 0 Å². The summed E-state index contributed by atoms with van der Waals surface area (Å²) in [5.41, 5.74) is 2.49. The van der Waals surface area contributed by atoms with Crippen LogP contribution in [0.4, 0.5) is 13.2 Å². The zero-order valence-electron chi connectivity index (χ0n) is 22.5. The summed E-state index contributed by atoms with van der Waals surface area (Å²) in [5, 5.41) is 14.0. The smallest absolute Gasteiger partial charge is 0.416 e. The van der Waals surface area contributed by atoms with Crippen LogP contribution in [0.2, 0.25) is 0 Å². The Hall–Kier alpha value is -2.68. The van der Waals surface area contributed by atoms with Crippen LogP contribution in [-0.2, 0) is 33.3 Å². The molecule has 0 bridgehead atoms. The number of halogens is 3. The minimum atomic E-state index is -4.52. The fourth-order valence-electron chi connectivity index (χ4n) is 5.00. The Bertz CT molecular complexity index is 1090. The van der Waals surface area contributed by atoms with Gasteiger partial charge in [-0.25, -0.2) is 4.79 Å². The van der Waals surface area contributed by atoms with Crippen LogP contribution in [0.3, 0.4) is 0 Å². The number of hydrogen-bond donors (Lipinski definition) is 2. The standard InChI is InChI=1S/C30H38F3NO4/c1-5-37-28(36)13-10-24-16-25(30(31,32)33)11-12-27(24)20(2)38-19-26(35)18-34-29(3,4)17-21-14-22-8-6-7-9-23(22)15-21/h6-13,16,20-21,26,34-35H,5,14-15,17-19H2,1-4H3/b13-10+/t20-,26-/m1/s1. The van der Waals surface area contributed by atoms with Gasteiger partial charge in [-0.3, -0.25) is 0 Å². The topological polar surface area (TPSA) is 67.8 Å². The van der Waals surface area contributed by atoms with Crippen LogP contribution in [0.25, 0.3) is 6.08 Å². The maximum absolute atomic E-state index is 13.3. The number of β-amino-alcohol motifs (C(OH)–C–C–N with tert-alkyl or cyclic N) is 1. The fraction of sp³-hybridized carbons (Fsp3) is 0.500. The first-order valence-corrected chi connectivity index (χ1v) is 13.1. The Morgan fingerprint density at radius 1 is 1.16 bits per heavy atom. The van der Waals surface area contributed by atoms with Crippen molar-refractivity contribution >= 4 is 12.0 Å². The van der Waals surface area contributed by atoms with Crippen LogP contribution < -0.4 is 5.32 Å². The van der Waals surface area contributed by atoms with Gasteiger partial charge in [0.05, 0.1) is 31.0 Å². The summed E-state index contributed by atoms with van der Waals surface area (Å²) < 4.78 is 50.5. The van der Waals surface area contributed by atoms with E-state index in [0.29, 0.717) is 18.0 Å². The van der Waals surface area contributed by atoms with Gasteiger partial charge in [0.25, 0.3) is 0 Å². The quantitative estimate of drug-likeness (QED) is 0.263. The van der Waals surface area contributed by atoms with Gasteiger partial charge in [0, 0.05) is 18.2 Å². The molecule has 38 heavy (non-hydrogen) atoms. The number of carbonyl (C=O) groups is 1. The second-order valence-corrected chi connectivity index (χ2v) is 10.6. The van der Waals surface area contributed by atoms with Gasteiger partial charge in [-0.1, -0.05) is 30.3 Å². The average molecular weight is 534 g/mol. The number of ether oxygens (including phenoxy) is 2. The first-order chi connectivity index (χ1) is 17.9. The van der Waals surface area contributed by atoms with Crippen molar-refractivity contribution in [1.82, 2.24) is 5.32 Å². The van der Waals surface area contributed by atoms with E-state index in [9.17, 15) is 23.1 Å². The Morgan fingerprint density at radius 2 is 1.82 bits per heavy atom. The predicted molar refractivity (Wildman–Crippen MR) is 142 cm³/mol. The Labute approximate surface area is 223 Å². The van der Waals surface area contributed by atoms with E-state index in [1.807, 2.05) is 0 Å². The lowest BCUT2D eigenvalue weighted by Crippen LogP contribution is -2.45. The zero-order chi connectivity index (χ0) is 27.9. The van der Waals surface area contributed by atoms with Crippen molar-refractivity contribution in [2.45, 2.75) is 70.9 Å². The molecule has 2 aromatic carbocycles. The van der Waals surface area contributed by atoms with E-state index in [-0.39, 0.29) is 24.3 Å². The molecule has 0 saturated carbocycles. The summed E-state index contributed by atoms with van der Waals surface area (Å²) in [4.78, 5) is 11.7. The summed E-state index contributed by atoms with van der Waals surface area (Å²) >= 11 is 0. The number of carbonyl (C=O) groups excluding carboxylic acids is 1. The molecule has 208 valence electrons. The second-order valence-electron chi connectivity index (χ2n) is 10.6. The molecule has 2 atom stereocenters. The number of esters is 1. The summed E-state index contributed by atoms with van der Waals surface area (Å²) in [6, 6.07) is 11.8. The molecule has 3 rings (SSSR count). The lowest BCUT2D eigenvalue weighted by atomic mass is 9.88. The highest BCUT2D eigenvalue weighted by atomic mass is 19.4. The summed E-state index contributed by atoms with van der Waals surface area (Å²) in [7, 11) is 0. The van der Waals surface area contributed by atoms with Crippen molar-refractivity contribution in [3.05, 3.63) is 76.4 Å². The van der Waals surface area contributed by atoms with Gasteiger partial charge in [0.15, 0.2) is 0 Å². The van der Waals surface area contributed by atoms with Crippen LogP contribution >= 0.6 is 0 Å². The number of benzene rings is 2.